The Morgan fingerprint density at radius 3 is 2.81 bits per heavy atom. The monoisotopic (exact) mass is 356 g/mol. The highest BCUT2D eigenvalue weighted by Gasteiger charge is 2.21. The van der Waals surface area contributed by atoms with Gasteiger partial charge in [-0.2, -0.15) is 0 Å². The summed E-state index contributed by atoms with van der Waals surface area (Å²) >= 11 is 0. The van der Waals surface area contributed by atoms with Crippen LogP contribution in [0.15, 0.2) is 30.6 Å². The number of carbonyl (C=O) groups is 2. The van der Waals surface area contributed by atoms with Gasteiger partial charge in [0.05, 0.1) is 13.7 Å². The van der Waals surface area contributed by atoms with Crippen molar-refractivity contribution < 1.29 is 19.1 Å². The Balaban J connectivity index is 1.91. The van der Waals surface area contributed by atoms with Crippen LogP contribution in [0.25, 0.3) is 5.65 Å². The maximum atomic E-state index is 12.5. The molecule has 134 valence electrons. The van der Waals surface area contributed by atoms with Crippen molar-refractivity contribution in [2.45, 2.75) is 6.92 Å². The van der Waals surface area contributed by atoms with E-state index in [2.05, 4.69) is 20.5 Å². The minimum absolute atomic E-state index is 0.00144. The zero-order valence-electron chi connectivity index (χ0n) is 14.1. The number of hydrogen-bond donors (Lipinski definition) is 2. The second-order valence-corrected chi connectivity index (χ2v) is 5.13. The summed E-state index contributed by atoms with van der Waals surface area (Å²) in [7, 11) is 1.53. The number of imidazole rings is 1. The molecule has 0 spiro atoms. The molecule has 10 nitrogen and oxygen atoms in total. The lowest BCUT2D eigenvalue weighted by Crippen LogP contribution is -2.19. The van der Waals surface area contributed by atoms with Crippen molar-refractivity contribution in [1.29, 1.82) is 0 Å². The van der Waals surface area contributed by atoms with Gasteiger partial charge < -0.3 is 20.5 Å². The van der Waals surface area contributed by atoms with E-state index in [1.807, 2.05) is 0 Å². The molecule has 3 rings (SSSR count). The number of amides is 1. The molecule has 0 fully saturated rings. The lowest BCUT2D eigenvalue weighted by Gasteiger charge is -2.08. The predicted octanol–water partition coefficient (Wildman–Crippen LogP) is 1.14. The van der Waals surface area contributed by atoms with Crippen molar-refractivity contribution in [3.05, 3.63) is 42.0 Å². The average molecular weight is 356 g/mol. The summed E-state index contributed by atoms with van der Waals surface area (Å²) in [6, 6.07) is 6.82. The van der Waals surface area contributed by atoms with Crippen LogP contribution >= 0.6 is 0 Å². The van der Waals surface area contributed by atoms with Gasteiger partial charge in [-0.3, -0.25) is 9.20 Å². The van der Waals surface area contributed by atoms with Crippen LogP contribution in [0.3, 0.4) is 0 Å². The molecule has 0 bridgehead atoms. The van der Waals surface area contributed by atoms with E-state index in [0.29, 0.717) is 11.4 Å². The first kappa shape index (κ1) is 17.1. The molecule has 0 aliphatic heterocycles. The number of benzene rings is 1. The molecule has 26 heavy (non-hydrogen) atoms. The quantitative estimate of drug-likeness (QED) is 0.650. The van der Waals surface area contributed by atoms with Gasteiger partial charge in [-0.1, -0.05) is 6.07 Å². The van der Waals surface area contributed by atoms with Gasteiger partial charge in [0.1, 0.15) is 17.9 Å². The molecule has 0 aliphatic carbocycles. The molecule has 0 saturated carbocycles. The third-order valence-electron chi connectivity index (χ3n) is 3.50. The Bertz CT molecular complexity index is 984. The number of nitrogens with zero attached hydrogens (tertiary/aromatic N) is 4. The second kappa shape index (κ2) is 7.05. The molecule has 3 N–H and O–H groups in total. The summed E-state index contributed by atoms with van der Waals surface area (Å²) in [5, 5.41) is 10.4. The van der Waals surface area contributed by atoms with Gasteiger partial charge in [-0.25, -0.2) is 9.78 Å². The third-order valence-corrected chi connectivity index (χ3v) is 3.50. The summed E-state index contributed by atoms with van der Waals surface area (Å²) in [4.78, 5) is 28.3. The van der Waals surface area contributed by atoms with Crippen molar-refractivity contribution in [3.8, 4) is 5.75 Å². The number of carbonyl (C=O) groups excluding carboxylic acids is 2. The van der Waals surface area contributed by atoms with Crippen LogP contribution in [0.2, 0.25) is 0 Å². The number of esters is 1. The van der Waals surface area contributed by atoms with E-state index < -0.39 is 11.9 Å². The maximum absolute atomic E-state index is 12.5. The fourth-order valence-electron chi connectivity index (χ4n) is 2.27. The highest BCUT2D eigenvalue weighted by Crippen LogP contribution is 2.19. The lowest BCUT2D eigenvalue weighted by molar-refractivity contribution is 0.0522. The second-order valence-electron chi connectivity index (χ2n) is 5.13. The Morgan fingerprint density at radius 2 is 2.08 bits per heavy atom. The molecule has 0 radical (unpaired) electrons. The number of methoxy groups -OCH3 is 1. The molecule has 2 aromatic heterocycles. The molecule has 0 unspecified atom stereocenters. The molecule has 0 aliphatic rings. The van der Waals surface area contributed by atoms with E-state index in [1.54, 1.807) is 31.2 Å². The lowest BCUT2D eigenvalue weighted by atomic mass is 10.3. The fraction of sp³-hybridized carbons (Fsp3) is 0.188. The van der Waals surface area contributed by atoms with Crippen LogP contribution in [0.1, 0.15) is 27.9 Å². The molecular weight excluding hydrogens is 340 g/mol. The normalized spacial score (nSPS) is 10.5. The first-order valence-corrected chi connectivity index (χ1v) is 7.67. The van der Waals surface area contributed by atoms with Gasteiger partial charge in [0.15, 0.2) is 17.0 Å². The largest absolute Gasteiger partial charge is 0.497 e. The van der Waals surface area contributed by atoms with Crippen molar-refractivity contribution in [2.24, 2.45) is 0 Å². The highest BCUT2D eigenvalue weighted by atomic mass is 16.5. The molecule has 1 aromatic carbocycles. The van der Waals surface area contributed by atoms with Crippen LogP contribution in [0, 0.1) is 0 Å². The Hall–Kier alpha value is -3.69. The maximum Gasteiger partial charge on any atom is 0.360 e. The zero-order valence-corrected chi connectivity index (χ0v) is 14.1. The van der Waals surface area contributed by atoms with Gasteiger partial charge in [-0.15, -0.1) is 10.2 Å². The topological polar surface area (TPSA) is 134 Å². The first-order valence-electron chi connectivity index (χ1n) is 7.67. The smallest absolute Gasteiger partial charge is 0.360 e. The van der Waals surface area contributed by atoms with Crippen molar-refractivity contribution in [2.75, 3.05) is 24.8 Å². The number of nitrogen functional groups attached to an aromatic ring is 1. The minimum atomic E-state index is -0.641. The van der Waals surface area contributed by atoms with Crippen molar-refractivity contribution in [1.82, 2.24) is 19.6 Å². The van der Waals surface area contributed by atoms with Crippen LogP contribution in [0.5, 0.6) is 5.75 Å². The zero-order chi connectivity index (χ0) is 18.7. The Morgan fingerprint density at radius 1 is 1.27 bits per heavy atom. The third kappa shape index (κ3) is 3.11. The number of fused-ring (bicyclic) bond motifs is 1. The molecule has 0 saturated heterocycles. The van der Waals surface area contributed by atoms with E-state index >= 15 is 0 Å². The first-order chi connectivity index (χ1) is 12.5. The Kier molecular flexibility index (Phi) is 4.65. The molecule has 0 atom stereocenters. The summed E-state index contributed by atoms with van der Waals surface area (Å²) in [6.07, 6.45) is 1.29. The highest BCUT2D eigenvalue weighted by molar-refractivity contribution is 6.06. The van der Waals surface area contributed by atoms with Gasteiger partial charge in [0, 0.05) is 11.8 Å². The van der Waals surface area contributed by atoms with Gasteiger partial charge >= 0.3 is 5.97 Å². The molecule has 2 heterocycles. The standard InChI is InChI=1S/C16H16N6O4/c1-3-26-16(24)12-14-21-20-11(13(17)22(14)8-18-12)15(23)19-9-5-4-6-10(7-9)25-2/h4-8H,3,17H2,1-2H3,(H,19,23). The minimum Gasteiger partial charge on any atom is -0.497 e. The number of nitrogens with two attached hydrogens (primary N) is 1. The molecule has 3 aromatic rings. The summed E-state index contributed by atoms with van der Waals surface area (Å²) < 4.78 is 11.3. The number of ether oxygens (including phenoxy) is 2. The van der Waals surface area contributed by atoms with E-state index in [9.17, 15) is 9.59 Å². The molecular formula is C16H16N6O4. The number of nitrogens with one attached hydrogen (secondary N) is 1. The van der Waals surface area contributed by atoms with Crippen LogP contribution in [0.4, 0.5) is 11.5 Å². The van der Waals surface area contributed by atoms with Crippen LogP contribution in [-0.2, 0) is 4.74 Å². The summed E-state index contributed by atoms with van der Waals surface area (Å²) in [5.41, 5.74) is 6.49. The van der Waals surface area contributed by atoms with Crippen LogP contribution < -0.4 is 15.8 Å². The Labute approximate surface area is 147 Å². The number of hydrogen-bond acceptors (Lipinski definition) is 8. The number of rotatable bonds is 5. The van der Waals surface area contributed by atoms with Gasteiger partial charge in [0.2, 0.25) is 0 Å². The molecule has 1 amide bonds. The van der Waals surface area contributed by atoms with Gasteiger partial charge in [-0.05, 0) is 19.1 Å². The van der Waals surface area contributed by atoms with Crippen LogP contribution in [-0.4, -0.2) is 45.2 Å². The average Bonchev–Trinajstić information content (AvgIpc) is 3.07. The summed E-state index contributed by atoms with van der Waals surface area (Å²) in [6.45, 7) is 1.87. The number of aromatic nitrogens is 4. The SMILES string of the molecule is CCOC(=O)c1ncn2c(N)c(C(=O)Nc3cccc(OC)c3)nnc12. The molecule has 10 heteroatoms. The van der Waals surface area contributed by atoms with E-state index in [1.165, 1.54) is 17.8 Å². The van der Waals surface area contributed by atoms with E-state index in [-0.39, 0.29) is 29.5 Å². The summed E-state index contributed by atoms with van der Waals surface area (Å²) in [5.74, 6) is -0.613. The number of anilines is 2. The predicted molar refractivity (Wildman–Crippen MR) is 92.1 cm³/mol. The van der Waals surface area contributed by atoms with E-state index in [0.717, 1.165) is 0 Å². The fourth-order valence-corrected chi connectivity index (χ4v) is 2.27. The van der Waals surface area contributed by atoms with Crippen molar-refractivity contribution in [3.63, 3.8) is 0 Å². The van der Waals surface area contributed by atoms with Crippen molar-refractivity contribution >= 4 is 29.0 Å². The van der Waals surface area contributed by atoms with E-state index in [4.69, 9.17) is 15.2 Å². The van der Waals surface area contributed by atoms with Gasteiger partial charge in [0.25, 0.3) is 5.91 Å².